The second-order valence-corrected chi connectivity index (χ2v) is 11.0. The first-order valence-corrected chi connectivity index (χ1v) is 11.9. The summed E-state index contributed by atoms with van der Waals surface area (Å²) >= 11 is 1.73. The van der Waals surface area contributed by atoms with Crippen molar-refractivity contribution in [3.8, 4) is 0 Å². The number of likely N-dealkylation sites (tertiary alicyclic amines) is 1. The van der Waals surface area contributed by atoms with Gasteiger partial charge in [-0.1, -0.05) is 13.3 Å². The van der Waals surface area contributed by atoms with E-state index in [2.05, 4.69) is 22.7 Å². The predicted molar refractivity (Wildman–Crippen MR) is 108 cm³/mol. The number of hydrazine groups is 1. The van der Waals surface area contributed by atoms with Gasteiger partial charge in [-0.3, -0.25) is 9.69 Å². The lowest BCUT2D eigenvalue weighted by Gasteiger charge is -2.40. The first-order valence-electron chi connectivity index (χ1n) is 11.0. The number of halogens is 4. The van der Waals surface area contributed by atoms with Crippen LogP contribution in [0, 0.1) is 23.7 Å². The normalized spacial score (nSPS) is 41.9. The number of hydrogen-bond acceptors (Lipinski definition) is 5. The Balaban J connectivity index is 1.43. The molecule has 0 radical (unpaired) electrons. The molecular weight excluding hydrogens is 420 g/mol. The molecule has 0 bridgehead atoms. The van der Waals surface area contributed by atoms with Gasteiger partial charge in [-0.25, -0.2) is 15.2 Å². The van der Waals surface area contributed by atoms with E-state index in [1.807, 2.05) is 7.05 Å². The van der Waals surface area contributed by atoms with E-state index in [-0.39, 0.29) is 48.0 Å². The number of nitrogens with zero attached hydrogens (tertiary/aromatic N) is 2. The molecule has 2 aliphatic carbocycles. The largest absolute Gasteiger partial charge is 0.392 e. The van der Waals surface area contributed by atoms with Crippen LogP contribution >= 0.6 is 11.8 Å². The SMILES string of the molecule is CC(SC1NNCN1C)C1CC(F)CC(N2CC3C(CCCC3C(F)(F)F)C2=O)C1. The molecule has 4 fully saturated rings. The number of amides is 1. The number of hydrogen-bond donors (Lipinski definition) is 2. The zero-order chi connectivity index (χ0) is 21.6. The summed E-state index contributed by atoms with van der Waals surface area (Å²) in [6.45, 7) is 2.95. The van der Waals surface area contributed by atoms with Crippen molar-refractivity contribution >= 4 is 17.7 Å². The van der Waals surface area contributed by atoms with E-state index in [1.165, 1.54) is 0 Å². The van der Waals surface area contributed by atoms with Crippen molar-refractivity contribution in [2.24, 2.45) is 23.7 Å². The molecule has 30 heavy (non-hydrogen) atoms. The fourth-order valence-corrected chi connectivity index (χ4v) is 7.18. The van der Waals surface area contributed by atoms with Gasteiger partial charge in [0.2, 0.25) is 5.91 Å². The van der Waals surface area contributed by atoms with Gasteiger partial charge in [0, 0.05) is 23.8 Å². The first-order chi connectivity index (χ1) is 14.1. The Bertz CT molecular complexity index is 638. The van der Waals surface area contributed by atoms with Crippen molar-refractivity contribution in [3.05, 3.63) is 0 Å². The Hall–Kier alpha value is -0.580. The van der Waals surface area contributed by atoms with Crippen molar-refractivity contribution in [2.45, 2.75) is 74.6 Å². The lowest BCUT2D eigenvalue weighted by molar-refractivity contribution is -0.198. The van der Waals surface area contributed by atoms with Crippen molar-refractivity contribution in [2.75, 3.05) is 20.3 Å². The molecule has 2 N–H and O–H groups in total. The summed E-state index contributed by atoms with van der Waals surface area (Å²) in [4.78, 5) is 16.8. The minimum Gasteiger partial charge on any atom is -0.339 e. The predicted octanol–water partition coefficient (Wildman–Crippen LogP) is 3.33. The van der Waals surface area contributed by atoms with Gasteiger partial charge in [-0.15, -0.1) is 11.8 Å². The van der Waals surface area contributed by atoms with Crippen molar-refractivity contribution in [1.82, 2.24) is 20.7 Å². The molecule has 2 saturated heterocycles. The van der Waals surface area contributed by atoms with Crippen LogP contribution in [0.5, 0.6) is 0 Å². The quantitative estimate of drug-likeness (QED) is 0.641. The highest BCUT2D eigenvalue weighted by molar-refractivity contribution is 8.00. The molecule has 0 aromatic rings. The number of carbonyl (C=O) groups is 1. The first kappa shape index (κ1) is 22.6. The van der Waals surface area contributed by atoms with Gasteiger partial charge >= 0.3 is 6.18 Å². The summed E-state index contributed by atoms with van der Waals surface area (Å²) in [6.07, 6.45) is -2.84. The number of rotatable bonds is 4. The minimum atomic E-state index is -4.27. The fraction of sp³-hybridized carbons (Fsp3) is 0.950. The molecular formula is C20H32F4N4OS. The molecule has 10 heteroatoms. The van der Waals surface area contributed by atoms with E-state index >= 15 is 0 Å². The van der Waals surface area contributed by atoms with E-state index in [0.717, 1.165) is 6.67 Å². The highest BCUT2D eigenvalue weighted by Gasteiger charge is 2.56. The van der Waals surface area contributed by atoms with E-state index in [9.17, 15) is 22.4 Å². The van der Waals surface area contributed by atoms with Crippen LogP contribution in [0.25, 0.3) is 0 Å². The Morgan fingerprint density at radius 1 is 1.20 bits per heavy atom. The van der Waals surface area contributed by atoms with Gasteiger partial charge < -0.3 is 4.90 Å². The molecule has 0 spiro atoms. The zero-order valence-electron chi connectivity index (χ0n) is 17.5. The van der Waals surface area contributed by atoms with Crippen LogP contribution in [-0.2, 0) is 4.79 Å². The third-order valence-corrected chi connectivity index (χ3v) is 9.11. The lowest BCUT2D eigenvalue weighted by atomic mass is 9.73. The average molecular weight is 453 g/mol. The van der Waals surface area contributed by atoms with Crippen LogP contribution in [0.3, 0.4) is 0 Å². The molecule has 2 aliphatic heterocycles. The topological polar surface area (TPSA) is 47.6 Å². The van der Waals surface area contributed by atoms with Crippen molar-refractivity contribution in [3.63, 3.8) is 0 Å². The summed E-state index contributed by atoms with van der Waals surface area (Å²) in [5, 5.41) is 0.175. The number of thioether (sulfide) groups is 1. The Morgan fingerprint density at radius 3 is 2.63 bits per heavy atom. The number of alkyl halides is 4. The molecule has 0 aromatic carbocycles. The summed E-state index contributed by atoms with van der Waals surface area (Å²) in [5.74, 6) is -2.70. The van der Waals surface area contributed by atoms with E-state index < -0.39 is 30.1 Å². The minimum absolute atomic E-state index is 0.0911. The number of carbonyl (C=O) groups excluding carboxylic acids is 1. The third kappa shape index (κ3) is 4.47. The summed E-state index contributed by atoms with van der Waals surface area (Å²) in [6, 6.07) is -0.291. The van der Waals surface area contributed by atoms with Gasteiger partial charge in [-0.05, 0) is 51.0 Å². The van der Waals surface area contributed by atoms with Gasteiger partial charge in [0.25, 0.3) is 0 Å². The molecule has 2 saturated carbocycles. The third-order valence-electron chi connectivity index (χ3n) is 7.56. The van der Waals surface area contributed by atoms with Crippen LogP contribution in [-0.4, -0.2) is 65.1 Å². The van der Waals surface area contributed by atoms with Gasteiger partial charge in [-0.2, -0.15) is 13.2 Å². The van der Waals surface area contributed by atoms with Crippen molar-refractivity contribution in [1.29, 1.82) is 0 Å². The maximum absolute atomic E-state index is 14.7. The zero-order valence-corrected chi connectivity index (χ0v) is 18.3. The highest BCUT2D eigenvalue weighted by Crippen LogP contribution is 2.49. The Labute approximate surface area is 179 Å². The van der Waals surface area contributed by atoms with E-state index in [0.29, 0.717) is 25.7 Å². The number of fused-ring (bicyclic) bond motifs is 1. The smallest absolute Gasteiger partial charge is 0.339 e. The molecule has 172 valence electrons. The standard InChI is InChI=1S/C20H32F4N4OS/c1-11(30-19-26-25-10-27(19)2)12-6-13(21)8-14(7-12)28-9-16-15(18(28)29)4-3-5-17(16)20(22,23)24/h11-17,19,25-26H,3-10H2,1-2H3. The number of nitrogens with one attached hydrogen (secondary N) is 2. The molecule has 4 rings (SSSR count). The Kier molecular flexibility index (Phi) is 6.59. The molecule has 8 atom stereocenters. The highest BCUT2D eigenvalue weighted by atomic mass is 32.2. The van der Waals surface area contributed by atoms with Gasteiger partial charge in [0.1, 0.15) is 11.7 Å². The molecule has 1 amide bonds. The summed E-state index contributed by atoms with van der Waals surface area (Å²) in [7, 11) is 2.00. The molecule has 8 unspecified atom stereocenters. The Morgan fingerprint density at radius 2 is 1.97 bits per heavy atom. The molecule has 4 aliphatic rings. The van der Waals surface area contributed by atoms with Crippen molar-refractivity contribution < 1.29 is 22.4 Å². The van der Waals surface area contributed by atoms with Crippen LogP contribution < -0.4 is 10.9 Å². The summed E-state index contributed by atoms with van der Waals surface area (Å²) in [5.41, 5.74) is 6.37. The maximum atomic E-state index is 14.7. The van der Waals surface area contributed by atoms with E-state index in [1.54, 1.807) is 16.7 Å². The van der Waals surface area contributed by atoms with Gasteiger partial charge in [0.15, 0.2) is 0 Å². The molecule has 5 nitrogen and oxygen atoms in total. The van der Waals surface area contributed by atoms with Crippen LogP contribution in [0.15, 0.2) is 0 Å². The fourth-order valence-electron chi connectivity index (χ4n) is 5.90. The monoisotopic (exact) mass is 452 g/mol. The second-order valence-electron chi connectivity index (χ2n) is 9.49. The van der Waals surface area contributed by atoms with Crippen LogP contribution in [0.2, 0.25) is 0 Å². The second kappa shape index (κ2) is 8.75. The maximum Gasteiger partial charge on any atom is 0.392 e. The average Bonchev–Trinajstić information content (AvgIpc) is 3.23. The van der Waals surface area contributed by atoms with Gasteiger partial charge in [0.05, 0.1) is 12.6 Å². The summed E-state index contributed by atoms with van der Waals surface area (Å²) < 4.78 is 55.3. The lowest BCUT2D eigenvalue weighted by Crippen LogP contribution is -2.45. The van der Waals surface area contributed by atoms with E-state index in [4.69, 9.17) is 0 Å². The molecule has 0 aromatic heterocycles. The van der Waals surface area contributed by atoms with Crippen LogP contribution in [0.4, 0.5) is 17.6 Å². The van der Waals surface area contributed by atoms with Crippen LogP contribution in [0.1, 0.15) is 45.4 Å². The molecule has 2 heterocycles.